The Kier molecular flexibility index (Phi) is 4.36. The van der Waals surface area contributed by atoms with Crippen LogP contribution in [-0.2, 0) is 6.54 Å². The number of hydrogen-bond acceptors (Lipinski definition) is 2. The second kappa shape index (κ2) is 5.33. The van der Waals surface area contributed by atoms with Crippen molar-refractivity contribution in [1.29, 1.82) is 0 Å². The van der Waals surface area contributed by atoms with E-state index in [1.165, 1.54) is 0 Å². The zero-order valence-corrected chi connectivity index (χ0v) is 10.2. The van der Waals surface area contributed by atoms with Crippen molar-refractivity contribution in [3.63, 3.8) is 0 Å². The minimum Gasteiger partial charge on any atom is -0.268 e. The van der Waals surface area contributed by atoms with Crippen LogP contribution in [0.4, 0.5) is 0 Å². The minimum absolute atomic E-state index is 0. The molecule has 2 nitrogen and oxygen atoms in total. The summed E-state index contributed by atoms with van der Waals surface area (Å²) in [7, 11) is 0. The zero-order valence-electron chi connectivity index (χ0n) is 8.60. The van der Waals surface area contributed by atoms with Gasteiger partial charge in [0, 0.05) is 6.54 Å². The Morgan fingerprint density at radius 1 is 1.33 bits per heavy atom. The Morgan fingerprint density at radius 3 is 2.73 bits per heavy atom. The first-order chi connectivity index (χ1) is 6.83. The fourth-order valence-corrected chi connectivity index (χ4v) is 2.50. The SMILES string of the molecule is CCCCn1sc2ccccc2c1=O.Cl. The topological polar surface area (TPSA) is 22.0 Å². The molecule has 82 valence electrons. The van der Waals surface area contributed by atoms with Gasteiger partial charge in [-0.2, -0.15) is 0 Å². The van der Waals surface area contributed by atoms with Crippen LogP contribution in [-0.4, -0.2) is 3.96 Å². The van der Waals surface area contributed by atoms with Gasteiger partial charge < -0.3 is 0 Å². The van der Waals surface area contributed by atoms with Crippen molar-refractivity contribution in [1.82, 2.24) is 3.96 Å². The maximum absolute atomic E-state index is 11.8. The Balaban J connectivity index is 0.00000112. The van der Waals surface area contributed by atoms with E-state index in [9.17, 15) is 4.79 Å². The van der Waals surface area contributed by atoms with Crippen molar-refractivity contribution < 1.29 is 0 Å². The lowest BCUT2D eigenvalue weighted by Crippen LogP contribution is -2.12. The molecule has 0 spiro atoms. The number of halogens is 1. The smallest absolute Gasteiger partial charge is 0.268 e. The van der Waals surface area contributed by atoms with Crippen LogP contribution in [0.5, 0.6) is 0 Å². The summed E-state index contributed by atoms with van der Waals surface area (Å²) in [6, 6.07) is 7.80. The van der Waals surface area contributed by atoms with Gasteiger partial charge in [0.15, 0.2) is 0 Å². The Hall–Kier alpha value is -0.800. The van der Waals surface area contributed by atoms with Gasteiger partial charge in [-0.05, 0) is 18.6 Å². The summed E-state index contributed by atoms with van der Waals surface area (Å²) < 4.78 is 2.95. The number of hydrogen-bond donors (Lipinski definition) is 0. The predicted octanol–water partition coefficient (Wildman–Crippen LogP) is 3.28. The Morgan fingerprint density at radius 2 is 2.07 bits per heavy atom. The van der Waals surface area contributed by atoms with Gasteiger partial charge in [-0.25, -0.2) is 0 Å². The molecule has 0 radical (unpaired) electrons. The third-order valence-corrected chi connectivity index (χ3v) is 3.39. The van der Waals surface area contributed by atoms with Crippen molar-refractivity contribution >= 4 is 34.0 Å². The van der Waals surface area contributed by atoms with Gasteiger partial charge >= 0.3 is 0 Å². The van der Waals surface area contributed by atoms with E-state index >= 15 is 0 Å². The van der Waals surface area contributed by atoms with Crippen LogP contribution >= 0.6 is 23.9 Å². The second-order valence-electron chi connectivity index (χ2n) is 3.35. The zero-order chi connectivity index (χ0) is 9.97. The molecule has 1 aromatic carbocycles. The van der Waals surface area contributed by atoms with Gasteiger partial charge in [0.25, 0.3) is 5.56 Å². The maximum Gasteiger partial charge on any atom is 0.268 e. The molecule has 0 saturated heterocycles. The molecule has 0 bridgehead atoms. The molecule has 15 heavy (non-hydrogen) atoms. The lowest BCUT2D eigenvalue weighted by Gasteiger charge is -1.95. The van der Waals surface area contributed by atoms with Gasteiger partial charge in [0.2, 0.25) is 0 Å². The number of rotatable bonds is 3. The third kappa shape index (κ3) is 2.41. The molecule has 0 fully saturated rings. The second-order valence-corrected chi connectivity index (χ2v) is 4.41. The highest BCUT2D eigenvalue weighted by atomic mass is 35.5. The monoisotopic (exact) mass is 243 g/mol. The molecule has 0 unspecified atom stereocenters. The Bertz CT molecular complexity index is 489. The predicted molar refractivity (Wildman–Crippen MR) is 68.2 cm³/mol. The van der Waals surface area contributed by atoms with Crippen molar-refractivity contribution in [2.24, 2.45) is 0 Å². The third-order valence-electron chi connectivity index (χ3n) is 2.27. The Labute approximate surface area is 99.1 Å². The summed E-state index contributed by atoms with van der Waals surface area (Å²) >= 11 is 1.57. The number of unbranched alkanes of at least 4 members (excludes halogenated alkanes) is 1. The molecule has 2 aromatic rings. The highest BCUT2D eigenvalue weighted by Gasteiger charge is 2.04. The molecule has 0 atom stereocenters. The fourth-order valence-electron chi connectivity index (χ4n) is 1.47. The van der Waals surface area contributed by atoms with Crippen LogP contribution in [0.15, 0.2) is 29.1 Å². The largest absolute Gasteiger partial charge is 0.268 e. The van der Waals surface area contributed by atoms with Gasteiger partial charge in [-0.1, -0.05) is 37.0 Å². The molecule has 0 N–H and O–H groups in total. The lowest BCUT2D eigenvalue weighted by molar-refractivity contribution is 0.660. The van der Waals surface area contributed by atoms with Crippen molar-refractivity contribution in [2.75, 3.05) is 0 Å². The van der Waals surface area contributed by atoms with Crippen LogP contribution in [0, 0.1) is 0 Å². The molecule has 4 heteroatoms. The summed E-state index contributed by atoms with van der Waals surface area (Å²) in [4.78, 5) is 11.8. The van der Waals surface area contributed by atoms with Crippen molar-refractivity contribution in [3.8, 4) is 0 Å². The number of fused-ring (bicyclic) bond motifs is 1. The van der Waals surface area contributed by atoms with Crippen molar-refractivity contribution in [3.05, 3.63) is 34.6 Å². The van der Waals surface area contributed by atoms with Crippen LogP contribution in [0.1, 0.15) is 19.8 Å². The molecule has 0 amide bonds. The van der Waals surface area contributed by atoms with Crippen LogP contribution < -0.4 is 5.56 Å². The van der Waals surface area contributed by atoms with E-state index in [0.717, 1.165) is 29.5 Å². The number of aromatic nitrogens is 1. The summed E-state index contributed by atoms with van der Waals surface area (Å²) in [6.07, 6.45) is 2.20. The minimum atomic E-state index is 0. The van der Waals surface area contributed by atoms with Crippen LogP contribution in [0.25, 0.3) is 10.1 Å². The van der Waals surface area contributed by atoms with Gasteiger partial charge in [-0.15, -0.1) is 12.4 Å². The molecule has 0 aliphatic carbocycles. The van der Waals surface area contributed by atoms with E-state index in [1.54, 1.807) is 11.5 Å². The fraction of sp³-hybridized carbons (Fsp3) is 0.364. The summed E-state index contributed by atoms with van der Waals surface area (Å²) in [5.41, 5.74) is 0.166. The molecular formula is C11H14ClNOS. The van der Waals surface area contributed by atoms with Gasteiger partial charge in [-0.3, -0.25) is 8.75 Å². The summed E-state index contributed by atoms with van der Waals surface area (Å²) in [5.74, 6) is 0. The molecule has 1 heterocycles. The normalized spacial score (nSPS) is 10.2. The van der Waals surface area contributed by atoms with E-state index in [0.29, 0.717) is 0 Å². The van der Waals surface area contributed by atoms with Gasteiger partial charge in [0.05, 0.1) is 10.1 Å². The van der Waals surface area contributed by atoms with E-state index in [1.807, 2.05) is 28.2 Å². The number of benzene rings is 1. The first kappa shape index (κ1) is 12.3. The average Bonchev–Trinajstić information content (AvgIpc) is 2.54. The van der Waals surface area contributed by atoms with E-state index in [2.05, 4.69) is 6.92 Å². The first-order valence-corrected chi connectivity index (χ1v) is 5.69. The molecule has 0 aliphatic rings. The maximum atomic E-state index is 11.8. The van der Waals surface area contributed by atoms with E-state index in [-0.39, 0.29) is 18.0 Å². The van der Waals surface area contributed by atoms with E-state index in [4.69, 9.17) is 0 Å². The highest BCUT2D eigenvalue weighted by molar-refractivity contribution is 7.13. The molecule has 0 saturated carbocycles. The lowest BCUT2D eigenvalue weighted by atomic mass is 10.3. The molecule has 2 rings (SSSR count). The number of aryl methyl sites for hydroxylation is 1. The van der Waals surface area contributed by atoms with Gasteiger partial charge in [0.1, 0.15) is 0 Å². The van der Waals surface area contributed by atoms with E-state index < -0.39 is 0 Å². The summed E-state index contributed by atoms with van der Waals surface area (Å²) in [6.45, 7) is 2.99. The standard InChI is InChI=1S/C11H13NOS.ClH/c1-2-3-8-12-11(13)9-6-4-5-7-10(9)14-12;/h4-7H,2-3,8H2,1H3;1H. The highest BCUT2D eigenvalue weighted by Crippen LogP contribution is 2.16. The average molecular weight is 244 g/mol. The molecular weight excluding hydrogens is 230 g/mol. The number of nitrogens with zero attached hydrogens (tertiary/aromatic N) is 1. The van der Waals surface area contributed by atoms with Crippen LogP contribution in [0.3, 0.4) is 0 Å². The summed E-state index contributed by atoms with van der Waals surface area (Å²) in [5, 5.41) is 0.855. The molecule has 1 aromatic heterocycles. The molecule has 0 aliphatic heterocycles. The van der Waals surface area contributed by atoms with Crippen LogP contribution in [0.2, 0.25) is 0 Å². The quantitative estimate of drug-likeness (QED) is 0.811. The van der Waals surface area contributed by atoms with Crippen molar-refractivity contribution in [2.45, 2.75) is 26.3 Å². The first-order valence-electron chi connectivity index (χ1n) is 4.92.